The second-order valence-electron chi connectivity index (χ2n) is 6.43. The number of carbonyl (C=O) groups is 1. The maximum Gasteiger partial charge on any atom is 0.195 e. The molecule has 0 bridgehead atoms. The summed E-state index contributed by atoms with van der Waals surface area (Å²) >= 11 is 6.57. The van der Waals surface area contributed by atoms with Crippen molar-refractivity contribution in [1.82, 2.24) is 9.97 Å². The summed E-state index contributed by atoms with van der Waals surface area (Å²) in [5.41, 5.74) is 4.18. The fourth-order valence-electron chi connectivity index (χ4n) is 3.03. The minimum absolute atomic E-state index is 0.166. The minimum atomic E-state index is -0.166. The summed E-state index contributed by atoms with van der Waals surface area (Å²) in [7, 11) is 0. The normalized spacial score (nSPS) is 10.8. The number of carbonyl (C=O) groups excluding carboxylic acids is 1. The van der Waals surface area contributed by atoms with Gasteiger partial charge < -0.3 is 4.74 Å². The number of ether oxygens (including phenoxy) is 1. The fraction of sp³-hybridized carbons (Fsp3) is 0.0870. The lowest BCUT2D eigenvalue weighted by Crippen LogP contribution is -2.07. The van der Waals surface area contributed by atoms with Gasteiger partial charge in [-0.15, -0.1) is 0 Å². The molecule has 0 aliphatic rings. The maximum absolute atomic E-state index is 13.2. The summed E-state index contributed by atoms with van der Waals surface area (Å²) in [6.07, 6.45) is 3.23. The third-order valence-electron chi connectivity index (χ3n) is 4.51. The largest absolute Gasteiger partial charge is 0.487 e. The van der Waals surface area contributed by atoms with Crippen molar-refractivity contribution < 1.29 is 9.53 Å². The van der Waals surface area contributed by atoms with Gasteiger partial charge in [0.2, 0.25) is 0 Å². The molecule has 0 aliphatic heterocycles. The van der Waals surface area contributed by atoms with Crippen molar-refractivity contribution in [2.45, 2.75) is 13.5 Å². The van der Waals surface area contributed by atoms with Gasteiger partial charge in [-0.05, 0) is 42.3 Å². The van der Waals surface area contributed by atoms with E-state index in [4.69, 9.17) is 16.3 Å². The van der Waals surface area contributed by atoms with E-state index in [1.807, 2.05) is 43.3 Å². The quantitative estimate of drug-likeness (QED) is 0.429. The summed E-state index contributed by atoms with van der Waals surface area (Å²) < 4.78 is 5.87. The summed E-state index contributed by atoms with van der Waals surface area (Å²) in [5.74, 6) is 0.320. The van der Waals surface area contributed by atoms with Crippen LogP contribution < -0.4 is 4.74 Å². The first kappa shape index (κ1) is 18.1. The number of rotatable bonds is 5. The number of hydrogen-bond donors (Lipinski definition) is 0. The van der Waals surface area contributed by atoms with E-state index < -0.39 is 0 Å². The van der Waals surface area contributed by atoms with Gasteiger partial charge in [0.1, 0.15) is 12.4 Å². The minimum Gasteiger partial charge on any atom is -0.487 e. The zero-order valence-corrected chi connectivity index (χ0v) is 16.0. The number of fused-ring (bicyclic) bond motifs is 1. The van der Waals surface area contributed by atoms with Crippen LogP contribution in [-0.4, -0.2) is 15.8 Å². The monoisotopic (exact) mass is 388 g/mol. The molecule has 0 saturated carbocycles. The van der Waals surface area contributed by atoms with Crippen LogP contribution in [0.4, 0.5) is 0 Å². The molecule has 3 aromatic carbocycles. The molecule has 0 unspecified atom stereocenters. The molecule has 0 N–H and O–H groups in total. The highest BCUT2D eigenvalue weighted by Crippen LogP contribution is 2.33. The van der Waals surface area contributed by atoms with E-state index in [-0.39, 0.29) is 5.78 Å². The molecule has 0 atom stereocenters. The Hall–Kier alpha value is -3.24. The molecule has 138 valence electrons. The summed E-state index contributed by atoms with van der Waals surface area (Å²) in [6, 6.07) is 18.7. The molecule has 0 amide bonds. The first-order valence-electron chi connectivity index (χ1n) is 8.85. The standard InChI is InChI=1S/C23H17ClN2O2/c1-15-7-10-20(28-14-16-5-3-2-4-6-16)22(24)21(15)23(27)17-8-9-18-19(13-17)26-12-11-25-18/h2-13H,14H2,1H3. The lowest BCUT2D eigenvalue weighted by molar-refractivity contribution is 0.103. The molecule has 0 fully saturated rings. The zero-order chi connectivity index (χ0) is 19.5. The SMILES string of the molecule is Cc1ccc(OCc2ccccc2)c(Cl)c1C(=O)c1ccc2nccnc2c1. The smallest absolute Gasteiger partial charge is 0.195 e. The predicted molar refractivity (Wildman–Crippen MR) is 110 cm³/mol. The van der Waals surface area contributed by atoms with E-state index in [2.05, 4.69) is 9.97 Å². The van der Waals surface area contributed by atoms with Crippen molar-refractivity contribution in [1.29, 1.82) is 0 Å². The molecule has 4 nitrogen and oxygen atoms in total. The Labute approximate surface area is 167 Å². The van der Waals surface area contributed by atoms with Gasteiger partial charge in [-0.2, -0.15) is 0 Å². The highest BCUT2D eigenvalue weighted by molar-refractivity contribution is 6.36. The Bertz CT molecular complexity index is 1160. The van der Waals surface area contributed by atoms with Gasteiger partial charge in [-0.1, -0.05) is 48.0 Å². The van der Waals surface area contributed by atoms with Crippen LogP contribution in [0.15, 0.2) is 73.1 Å². The van der Waals surface area contributed by atoms with Crippen LogP contribution in [0.3, 0.4) is 0 Å². The number of hydrogen-bond acceptors (Lipinski definition) is 4. The van der Waals surface area contributed by atoms with Crippen LogP contribution in [0.5, 0.6) is 5.75 Å². The van der Waals surface area contributed by atoms with Gasteiger partial charge in [-0.3, -0.25) is 14.8 Å². The second kappa shape index (κ2) is 7.79. The number of nitrogens with zero attached hydrogens (tertiary/aromatic N) is 2. The summed E-state index contributed by atoms with van der Waals surface area (Å²) in [5, 5.41) is 0.320. The number of aromatic nitrogens is 2. The molecule has 5 heteroatoms. The number of aryl methyl sites for hydroxylation is 1. The molecule has 0 spiro atoms. The lowest BCUT2D eigenvalue weighted by Gasteiger charge is -2.13. The molecular formula is C23H17ClN2O2. The molecule has 0 saturated heterocycles. The molecule has 1 aromatic heterocycles. The predicted octanol–water partition coefficient (Wildman–Crippen LogP) is 5.40. The Balaban J connectivity index is 1.66. The van der Waals surface area contributed by atoms with Crippen LogP contribution in [0, 0.1) is 6.92 Å². The third kappa shape index (κ3) is 3.59. The first-order chi connectivity index (χ1) is 13.6. The van der Waals surface area contributed by atoms with Crippen LogP contribution >= 0.6 is 11.6 Å². The van der Waals surface area contributed by atoms with E-state index in [9.17, 15) is 4.79 Å². The third-order valence-corrected chi connectivity index (χ3v) is 4.89. The van der Waals surface area contributed by atoms with Gasteiger partial charge in [0.15, 0.2) is 5.78 Å². The van der Waals surface area contributed by atoms with Gasteiger partial charge in [0.25, 0.3) is 0 Å². The van der Waals surface area contributed by atoms with Crippen molar-refractivity contribution in [2.24, 2.45) is 0 Å². The van der Waals surface area contributed by atoms with Crippen molar-refractivity contribution in [2.75, 3.05) is 0 Å². The molecular weight excluding hydrogens is 372 g/mol. The first-order valence-corrected chi connectivity index (χ1v) is 9.22. The van der Waals surface area contributed by atoms with E-state index >= 15 is 0 Å². The Morgan fingerprint density at radius 1 is 0.964 bits per heavy atom. The lowest BCUT2D eigenvalue weighted by atomic mass is 9.98. The molecule has 4 aromatic rings. The highest BCUT2D eigenvalue weighted by atomic mass is 35.5. The van der Waals surface area contributed by atoms with Crippen molar-refractivity contribution in [3.05, 3.63) is 100 Å². The van der Waals surface area contributed by atoms with E-state index in [1.54, 1.807) is 36.7 Å². The Morgan fingerprint density at radius 2 is 1.71 bits per heavy atom. The molecule has 1 heterocycles. The second-order valence-corrected chi connectivity index (χ2v) is 6.81. The van der Waals surface area contributed by atoms with E-state index in [1.165, 1.54) is 0 Å². The topological polar surface area (TPSA) is 52.1 Å². The van der Waals surface area contributed by atoms with Crippen molar-refractivity contribution >= 4 is 28.4 Å². The average molecular weight is 389 g/mol. The van der Waals surface area contributed by atoms with Gasteiger partial charge in [0.05, 0.1) is 16.1 Å². The van der Waals surface area contributed by atoms with Crippen LogP contribution in [0.25, 0.3) is 11.0 Å². The van der Waals surface area contributed by atoms with E-state index in [0.29, 0.717) is 34.0 Å². The van der Waals surface area contributed by atoms with Gasteiger partial charge in [0, 0.05) is 23.5 Å². The summed E-state index contributed by atoms with van der Waals surface area (Å²) in [6.45, 7) is 2.24. The maximum atomic E-state index is 13.2. The van der Waals surface area contributed by atoms with Crippen LogP contribution in [0.2, 0.25) is 5.02 Å². The zero-order valence-electron chi connectivity index (χ0n) is 15.2. The number of ketones is 1. The fourth-order valence-corrected chi connectivity index (χ4v) is 3.38. The van der Waals surface area contributed by atoms with Gasteiger partial charge >= 0.3 is 0 Å². The number of benzene rings is 3. The summed E-state index contributed by atoms with van der Waals surface area (Å²) in [4.78, 5) is 21.7. The molecule has 4 rings (SSSR count). The van der Waals surface area contributed by atoms with E-state index in [0.717, 1.165) is 16.6 Å². The molecule has 0 radical (unpaired) electrons. The Morgan fingerprint density at radius 3 is 2.50 bits per heavy atom. The highest BCUT2D eigenvalue weighted by Gasteiger charge is 2.19. The number of halogens is 1. The van der Waals surface area contributed by atoms with Crippen molar-refractivity contribution in [3.63, 3.8) is 0 Å². The molecule has 0 aliphatic carbocycles. The molecule has 28 heavy (non-hydrogen) atoms. The van der Waals surface area contributed by atoms with Gasteiger partial charge in [-0.25, -0.2) is 0 Å². The Kier molecular flexibility index (Phi) is 5.04. The average Bonchev–Trinajstić information content (AvgIpc) is 2.73. The van der Waals surface area contributed by atoms with Crippen LogP contribution in [0.1, 0.15) is 27.0 Å². The van der Waals surface area contributed by atoms with Crippen molar-refractivity contribution in [3.8, 4) is 5.75 Å². The van der Waals surface area contributed by atoms with Crippen LogP contribution in [-0.2, 0) is 6.61 Å².